The zero-order valence-corrected chi connectivity index (χ0v) is 12.0. The van der Waals surface area contributed by atoms with Crippen molar-refractivity contribution in [2.45, 2.75) is 6.92 Å². The van der Waals surface area contributed by atoms with E-state index in [9.17, 15) is 0 Å². The van der Waals surface area contributed by atoms with Gasteiger partial charge < -0.3 is 0 Å². The molecule has 3 aromatic rings. The molecular weight excluding hydrogens is 269 g/mol. The number of aryl methyl sites for hydroxylation is 1. The van der Waals surface area contributed by atoms with Crippen molar-refractivity contribution in [3.8, 4) is 0 Å². The van der Waals surface area contributed by atoms with Crippen molar-refractivity contribution in [2.24, 2.45) is 0 Å². The Morgan fingerprint density at radius 2 is 1.19 bits per heavy atom. The Bertz CT molecular complexity index is 587. The molecule has 0 unspecified atom stereocenters. The summed E-state index contributed by atoms with van der Waals surface area (Å²) < 4.78 is 0. The molecule has 0 nitrogen and oxygen atoms in total. The average molecular weight is 280 g/mol. The second-order valence-electron chi connectivity index (χ2n) is 3.84. The Morgan fingerprint density at radius 3 is 1.69 bits per heavy atom. The second kappa shape index (κ2) is 4.65. The van der Waals surface area contributed by atoms with Crippen molar-refractivity contribution in [1.82, 2.24) is 0 Å². The molecule has 0 aliphatic carbocycles. The smallest absolute Gasteiger partial charge is 0 e. The summed E-state index contributed by atoms with van der Waals surface area (Å²) in [6.45, 7) is 2.18. The van der Waals surface area contributed by atoms with Crippen LogP contribution in [0.3, 0.4) is 0 Å². The van der Waals surface area contributed by atoms with Crippen LogP contribution in [-0.2, 0) is 32.7 Å². The van der Waals surface area contributed by atoms with Gasteiger partial charge in [0.05, 0.1) is 0 Å². The molecule has 16 heavy (non-hydrogen) atoms. The summed E-state index contributed by atoms with van der Waals surface area (Å²) in [6, 6.07) is 20.3. The first-order valence-corrected chi connectivity index (χ1v) is 5.15. The quantitative estimate of drug-likeness (QED) is 0.429. The van der Waals surface area contributed by atoms with E-state index in [1.54, 1.807) is 0 Å². The Labute approximate surface area is 121 Å². The molecule has 0 N–H and O–H groups in total. The number of hydrogen-bond acceptors (Lipinski definition) is 0. The summed E-state index contributed by atoms with van der Waals surface area (Å²) in [5.74, 6) is 0. The minimum atomic E-state index is 0. The maximum Gasteiger partial charge on any atom is 0 e. The molecule has 0 aromatic heterocycles. The van der Waals surface area contributed by atoms with Crippen molar-refractivity contribution in [3.63, 3.8) is 0 Å². The molecule has 1 radical (unpaired) electrons. The number of benzene rings is 3. The summed E-state index contributed by atoms with van der Waals surface area (Å²) in [7, 11) is 0. The molecule has 0 atom stereocenters. The van der Waals surface area contributed by atoms with Gasteiger partial charge >= 0.3 is 0 Å². The normalized spacial score (nSPS) is 10.3. The van der Waals surface area contributed by atoms with E-state index in [0.717, 1.165) is 0 Å². The molecule has 0 spiro atoms. The first-order chi connectivity index (χ1) is 7.36. The van der Waals surface area contributed by atoms with E-state index >= 15 is 0 Å². The molecule has 0 saturated carbocycles. The SMILES string of the molecule is Cc1c2ccccc2[c-]c2ccccc12.[Y]. The van der Waals surface area contributed by atoms with E-state index in [4.69, 9.17) is 0 Å². The first kappa shape index (κ1) is 11.8. The van der Waals surface area contributed by atoms with Gasteiger partial charge in [-0.25, -0.2) is 0 Å². The van der Waals surface area contributed by atoms with Crippen LogP contribution in [0, 0.1) is 13.0 Å². The van der Waals surface area contributed by atoms with Crippen molar-refractivity contribution in [3.05, 3.63) is 60.2 Å². The molecule has 0 saturated heterocycles. The van der Waals surface area contributed by atoms with Crippen LogP contribution < -0.4 is 0 Å². The molecule has 75 valence electrons. The zero-order chi connectivity index (χ0) is 10.3. The van der Waals surface area contributed by atoms with Crippen molar-refractivity contribution in [1.29, 1.82) is 0 Å². The van der Waals surface area contributed by atoms with Gasteiger partial charge in [0.2, 0.25) is 0 Å². The molecule has 1 heteroatoms. The molecular formula is C15H11Y-. The van der Waals surface area contributed by atoms with Crippen molar-refractivity contribution >= 4 is 21.5 Å². The van der Waals surface area contributed by atoms with Crippen LogP contribution in [0.4, 0.5) is 0 Å². The minimum absolute atomic E-state index is 0. The van der Waals surface area contributed by atoms with Crippen LogP contribution in [0.15, 0.2) is 48.5 Å². The molecule has 3 aromatic carbocycles. The largest absolute Gasteiger partial charge is 0.118 e. The fraction of sp³-hybridized carbons (Fsp3) is 0.0667. The first-order valence-electron chi connectivity index (χ1n) is 5.15. The van der Waals surface area contributed by atoms with Crippen LogP contribution in [0.5, 0.6) is 0 Å². The second-order valence-corrected chi connectivity index (χ2v) is 3.84. The average Bonchev–Trinajstić information content (AvgIpc) is 2.30. The molecule has 0 heterocycles. The number of fused-ring (bicyclic) bond motifs is 2. The summed E-state index contributed by atoms with van der Waals surface area (Å²) in [5, 5.41) is 5.01. The van der Waals surface area contributed by atoms with Crippen LogP contribution in [-0.4, -0.2) is 0 Å². The van der Waals surface area contributed by atoms with E-state index in [1.807, 2.05) is 0 Å². The predicted octanol–water partition coefficient (Wildman–Crippen LogP) is 4.10. The van der Waals surface area contributed by atoms with Crippen molar-refractivity contribution in [2.75, 3.05) is 0 Å². The summed E-state index contributed by atoms with van der Waals surface area (Å²) in [4.78, 5) is 0. The van der Waals surface area contributed by atoms with E-state index in [2.05, 4.69) is 61.5 Å². The maximum absolute atomic E-state index is 3.45. The van der Waals surface area contributed by atoms with Gasteiger partial charge in [0.25, 0.3) is 0 Å². The van der Waals surface area contributed by atoms with Crippen LogP contribution in [0.25, 0.3) is 21.5 Å². The number of hydrogen-bond donors (Lipinski definition) is 0. The van der Waals surface area contributed by atoms with Crippen LogP contribution >= 0.6 is 0 Å². The van der Waals surface area contributed by atoms with Crippen LogP contribution in [0.1, 0.15) is 5.56 Å². The Hall–Kier alpha value is -0.716. The van der Waals surface area contributed by atoms with Gasteiger partial charge in [0.1, 0.15) is 0 Å². The summed E-state index contributed by atoms with van der Waals surface area (Å²) >= 11 is 0. The molecule has 3 rings (SSSR count). The molecule has 0 aliphatic heterocycles. The van der Waals surface area contributed by atoms with Gasteiger partial charge in [0.15, 0.2) is 0 Å². The minimum Gasteiger partial charge on any atom is -0.118 e. The van der Waals surface area contributed by atoms with E-state index in [0.29, 0.717) is 0 Å². The van der Waals surface area contributed by atoms with Gasteiger partial charge in [0, 0.05) is 32.7 Å². The topological polar surface area (TPSA) is 0 Å². The zero-order valence-electron chi connectivity index (χ0n) is 9.20. The third-order valence-corrected chi connectivity index (χ3v) is 2.93. The summed E-state index contributed by atoms with van der Waals surface area (Å²) in [6.07, 6.45) is 0. The molecule has 0 aliphatic rings. The standard InChI is InChI=1S/C15H11.Y/c1-11-14-8-4-2-6-12(14)10-13-7-3-5-9-15(11)13;/h2-9H,1H3;/q-1;. The predicted molar refractivity (Wildman–Crippen MR) is 65.0 cm³/mol. The number of rotatable bonds is 0. The molecule has 0 fully saturated rings. The summed E-state index contributed by atoms with van der Waals surface area (Å²) in [5.41, 5.74) is 1.35. The van der Waals surface area contributed by atoms with Gasteiger partial charge in [-0.15, -0.1) is 34.5 Å². The van der Waals surface area contributed by atoms with Gasteiger partial charge in [-0.05, 0) is 0 Å². The molecule has 0 amide bonds. The Kier molecular flexibility index (Phi) is 3.42. The van der Waals surface area contributed by atoms with E-state index in [1.165, 1.54) is 27.1 Å². The Balaban J connectivity index is 0.000000963. The van der Waals surface area contributed by atoms with Gasteiger partial charge in [-0.2, -0.15) is 0 Å². The van der Waals surface area contributed by atoms with Gasteiger partial charge in [-0.3, -0.25) is 0 Å². The fourth-order valence-corrected chi connectivity index (χ4v) is 2.13. The maximum atomic E-state index is 3.45. The third-order valence-electron chi connectivity index (χ3n) is 2.93. The van der Waals surface area contributed by atoms with Crippen molar-refractivity contribution < 1.29 is 32.7 Å². The monoisotopic (exact) mass is 280 g/mol. The van der Waals surface area contributed by atoms with Gasteiger partial charge in [-0.1, -0.05) is 54.1 Å². The van der Waals surface area contributed by atoms with Crippen LogP contribution in [0.2, 0.25) is 0 Å². The third kappa shape index (κ3) is 1.81. The molecule has 0 bridgehead atoms. The van der Waals surface area contributed by atoms with E-state index in [-0.39, 0.29) is 32.7 Å². The fourth-order valence-electron chi connectivity index (χ4n) is 2.13. The van der Waals surface area contributed by atoms with E-state index < -0.39 is 0 Å². The Morgan fingerprint density at radius 1 is 0.750 bits per heavy atom.